The van der Waals surface area contributed by atoms with Gasteiger partial charge in [-0.15, -0.1) is 0 Å². The average molecular weight is 308 g/mol. The van der Waals surface area contributed by atoms with Gasteiger partial charge in [-0.3, -0.25) is 4.79 Å². The summed E-state index contributed by atoms with van der Waals surface area (Å²) in [5.41, 5.74) is -0.148. The highest BCUT2D eigenvalue weighted by Crippen LogP contribution is 2.26. The van der Waals surface area contributed by atoms with E-state index in [1.54, 1.807) is 0 Å². The molecule has 2 heterocycles. The Hall–Kier alpha value is -1.43. The van der Waals surface area contributed by atoms with Crippen LogP contribution >= 0.6 is 0 Å². The van der Waals surface area contributed by atoms with Crippen molar-refractivity contribution in [2.75, 3.05) is 6.61 Å². The van der Waals surface area contributed by atoms with Crippen LogP contribution in [-0.2, 0) is 21.6 Å². The maximum absolute atomic E-state index is 12.5. The predicted octanol–water partition coefficient (Wildman–Crippen LogP) is 2.10. The fourth-order valence-electron chi connectivity index (χ4n) is 2.98. The molecule has 0 saturated carbocycles. The van der Waals surface area contributed by atoms with Crippen LogP contribution in [0.4, 0.5) is 0 Å². The minimum absolute atomic E-state index is 0.00855. The molecule has 0 spiro atoms. The third-order valence-electron chi connectivity index (χ3n) is 4.03. The van der Waals surface area contributed by atoms with Crippen molar-refractivity contribution in [3.8, 4) is 0 Å². The minimum atomic E-state index is -0.148. The molecule has 124 valence electrons. The maximum atomic E-state index is 12.5. The molecule has 0 radical (unpaired) electrons. The van der Waals surface area contributed by atoms with Crippen molar-refractivity contribution >= 4 is 5.91 Å². The zero-order valence-corrected chi connectivity index (χ0v) is 14.3. The van der Waals surface area contributed by atoms with Gasteiger partial charge in [0.2, 0.25) is 5.91 Å². The Balaban J connectivity index is 1.99. The first-order valence-corrected chi connectivity index (χ1v) is 8.09. The maximum Gasteiger partial charge on any atom is 0.226 e. The standard InChI is InChI=1S/C16H28N4O2/c1-11(2)14-12(7-6-8-22-14)15(21)17-9-13-18-10-19-20(13)16(3,4)5/h10-12,14H,6-9H2,1-5H3,(H,17,21)/t12-,14+/m0/s1. The molecule has 6 nitrogen and oxygen atoms in total. The van der Waals surface area contributed by atoms with Crippen molar-refractivity contribution in [1.82, 2.24) is 20.1 Å². The molecule has 1 amide bonds. The summed E-state index contributed by atoms with van der Waals surface area (Å²) in [4.78, 5) is 16.8. The van der Waals surface area contributed by atoms with E-state index in [0.717, 1.165) is 25.3 Å². The number of carbonyl (C=O) groups excluding carboxylic acids is 1. The molecule has 0 aromatic carbocycles. The molecule has 1 aliphatic heterocycles. The Kier molecular flexibility index (Phi) is 5.21. The largest absolute Gasteiger partial charge is 0.377 e. The molecule has 0 unspecified atom stereocenters. The van der Waals surface area contributed by atoms with Crippen LogP contribution < -0.4 is 5.32 Å². The number of hydrogen-bond donors (Lipinski definition) is 1. The molecule has 1 aliphatic rings. The summed E-state index contributed by atoms with van der Waals surface area (Å²) < 4.78 is 7.65. The monoisotopic (exact) mass is 308 g/mol. The van der Waals surface area contributed by atoms with Crippen LogP contribution in [-0.4, -0.2) is 33.4 Å². The molecular weight excluding hydrogens is 280 g/mol. The van der Waals surface area contributed by atoms with E-state index in [9.17, 15) is 4.79 Å². The van der Waals surface area contributed by atoms with Gasteiger partial charge >= 0.3 is 0 Å². The van der Waals surface area contributed by atoms with Gasteiger partial charge < -0.3 is 10.1 Å². The first-order chi connectivity index (χ1) is 10.3. The predicted molar refractivity (Wildman–Crippen MR) is 84.2 cm³/mol. The molecule has 0 aliphatic carbocycles. The van der Waals surface area contributed by atoms with Crippen molar-refractivity contribution in [2.45, 2.75) is 65.6 Å². The minimum Gasteiger partial charge on any atom is -0.377 e. The first-order valence-electron chi connectivity index (χ1n) is 8.09. The zero-order chi connectivity index (χ0) is 16.3. The number of nitrogens with zero attached hydrogens (tertiary/aromatic N) is 3. The number of nitrogens with one attached hydrogen (secondary N) is 1. The molecule has 2 atom stereocenters. The lowest BCUT2D eigenvalue weighted by Crippen LogP contribution is -2.44. The molecule has 6 heteroatoms. The Labute approximate surface area is 132 Å². The fourth-order valence-corrected chi connectivity index (χ4v) is 2.98. The van der Waals surface area contributed by atoms with Gasteiger partial charge in [0.05, 0.1) is 24.1 Å². The van der Waals surface area contributed by atoms with E-state index in [-0.39, 0.29) is 23.5 Å². The SMILES string of the molecule is CC(C)[C@H]1OCCC[C@@H]1C(=O)NCc1ncnn1C(C)(C)C. The molecule has 1 aromatic heterocycles. The highest BCUT2D eigenvalue weighted by atomic mass is 16.5. The summed E-state index contributed by atoms with van der Waals surface area (Å²) >= 11 is 0. The fraction of sp³-hybridized carbons (Fsp3) is 0.812. The molecule has 1 fully saturated rings. The molecule has 0 bridgehead atoms. The van der Waals surface area contributed by atoms with Crippen molar-refractivity contribution in [2.24, 2.45) is 11.8 Å². The second kappa shape index (κ2) is 6.77. The molecule has 1 N–H and O–H groups in total. The summed E-state index contributed by atoms with van der Waals surface area (Å²) in [5.74, 6) is 1.11. The third-order valence-corrected chi connectivity index (χ3v) is 4.03. The molecule has 2 rings (SSSR count). The summed E-state index contributed by atoms with van der Waals surface area (Å²) in [5, 5.41) is 7.26. The van der Waals surface area contributed by atoms with Crippen molar-refractivity contribution < 1.29 is 9.53 Å². The van der Waals surface area contributed by atoms with Gasteiger partial charge in [-0.2, -0.15) is 5.10 Å². The quantitative estimate of drug-likeness (QED) is 0.925. The lowest BCUT2D eigenvalue weighted by Gasteiger charge is -2.33. The van der Waals surface area contributed by atoms with E-state index in [2.05, 4.69) is 50.0 Å². The molecular formula is C16H28N4O2. The van der Waals surface area contributed by atoms with Crippen LogP contribution in [0.25, 0.3) is 0 Å². The normalized spacial score (nSPS) is 22.8. The van der Waals surface area contributed by atoms with Gasteiger partial charge in [0, 0.05) is 6.61 Å². The van der Waals surface area contributed by atoms with E-state index in [0.29, 0.717) is 12.5 Å². The van der Waals surface area contributed by atoms with Crippen LogP contribution in [0.2, 0.25) is 0 Å². The Bertz CT molecular complexity index is 504. The summed E-state index contributed by atoms with van der Waals surface area (Å²) in [6.45, 7) is 11.6. The lowest BCUT2D eigenvalue weighted by atomic mass is 9.87. The zero-order valence-electron chi connectivity index (χ0n) is 14.3. The Morgan fingerprint density at radius 2 is 2.23 bits per heavy atom. The summed E-state index contributed by atoms with van der Waals surface area (Å²) in [7, 11) is 0. The van der Waals surface area contributed by atoms with Crippen LogP contribution in [0, 0.1) is 11.8 Å². The number of aromatic nitrogens is 3. The Morgan fingerprint density at radius 1 is 1.50 bits per heavy atom. The van der Waals surface area contributed by atoms with Gasteiger partial charge in [0.15, 0.2) is 0 Å². The van der Waals surface area contributed by atoms with Gasteiger partial charge in [-0.05, 0) is 39.5 Å². The number of carbonyl (C=O) groups is 1. The van der Waals surface area contributed by atoms with Crippen molar-refractivity contribution in [3.63, 3.8) is 0 Å². The van der Waals surface area contributed by atoms with Gasteiger partial charge in [-0.25, -0.2) is 9.67 Å². The lowest BCUT2D eigenvalue weighted by molar-refractivity contribution is -0.137. The van der Waals surface area contributed by atoms with E-state index in [4.69, 9.17) is 4.74 Å². The van der Waals surface area contributed by atoms with E-state index >= 15 is 0 Å². The second-order valence-corrected chi connectivity index (χ2v) is 7.30. The third kappa shape index (κ3) is 3.85. The molecule has 22 heavy (non-hydrogen) atoms. The average Bonchev–Trinajstić information content (AvgIpc) is 2.93. The van der Waals surface area contributed by atoms with Crippen LogP contribution in [0.3, 0.4) is 0 Å². The van der Waals surface area contributed by atoms with E-state index < -0.39 is 0 Å². The number of rotatable bonds is 4. The van der Waals surface area contributed by atoms with E-state index in [1.165, 1.54) is 6.33 Å². The molecule has 1 saturated heterocycles. The topological polar surface area (TPSA) is 69.0 Å². The van der Waals surface area contributed by atoms with Crippen LogP contribution in [0.5, 0.6) is 0 Å². The number of hydrogen-bond acceptors (Lipinski definition) is 4. The van der Waals surface area contributed by atoms with Crippen LogP contribution in [0.15, 0.2) is 6.33 Å². The van der Waals surface area contributed by atoms with Crippen molar-refractivity contribution in [1.29, 1.82) is 0 Å². The highest BCUT2D eigenvalue weighted by molar-refractivity contribution is 5.79. The second-order valence-electron chi connectivity index (χ2n) is 7.30. The van der Waals surface area contributed by atoms with E-state index in [1.807, 2.05) is 4.68 Å². The van der Waals surface area contributed by atoms with Crippen LogP contribution in [0.1, 0.15) is 53.3 Å². The Morgan fingerprint density at radius 3 is 2.86 bits per heavy atom. The summed E-state index contributed by atoms with van der Waals surface area (Å²) in [6.07, 6.45) is 3.38. The van der Waals surface area contributed by atoms with Gasteiger partial charge in [0.25, 0.3) is 0 Å². The highest BCUT2D eigenvalue weighted by Gasteiger charge is 2.34. The van der Waals surface area contributed by atoms with Gasteiger partial charge in [0.1, 0.15) is 12.2 Å². The number of ether oxygens (including phenoxy) is 1. The first kappa shape index (κ1) is 16.9. The smallest absolute Gasteiger partial charge is 0.226 e. The van der Waals surface area contributed by atoms with Gasteiger partial charge in [-0.1, -0.05) is 13.8 Å². The number of amides is 1. The van der Waals surface area contributed by atoms with Crippen molar-refractivity contribution in [3.05, 3.63) is 12.2 Å². The molecule has 1 aromatic rings. The summed E-state index contributed by atoms with van der Waals surface area (Å²) in [6, 6.07) is 0.